The number of likely N-dealkylation sites (N-methyl/N-ethyl adjacent to an activating group) is 2. The summed E-state index contributed by atoms with van der Waals surface area (Å²) in [4.78, 5) is 147. The third-order valence-electron chi connectivity index (χ3n) is 24.7. The number of carboxylic acids is 2. The van der Waals surface area contributed by atoms with Gasteiger partial charge in [0.2, 0.25) is 59.3 Å². The minimum absolute atomic E-state index is 0.148. The Kier molecular flexibility index (Phi) is 38.7. The second-order valence-corrected chi connectivity index (χ2v) is 36.2. The van der Waals surface area contributed by atoms with Gasteiger partial charge < -0.3 is 169 Å². The summed E-state index contributed by atoms with van der Waals surface area (Å²) in [6.07, 6.45) is -19.3. The Labute approximate surface area is 797 Å². The first-order valence-electron chi connectivity index (χ1n) is 45.1. The third-order valence-corrected chi connectivity index (χ3v) is 25.3. The SMILES string of the molecule is CCCCCCCCCCNCCN[C@@]1(C)C[C@H](O[C@H]2[C@H](Oc3c4cc5cc3Oc3ccc(cc3Cl)[C@@H](O)[C@@H](NC(=O)[C@@H](CC(C)C)NC)C(=O)N[C@@H](CC(N)=O)C(=O)N[C@H]5C(=O)N[C@H]3C(=O)N[C@H](C(=O)N[C@H](C(=O)O)c5cc(O)c(CN[C@@H](CCC(=O)N(C)C[C@H](O)[C@@H](O)[C@H](O)[C@H](O)CO)C(=O)O)c(O)c5-c5cc3ccc5O)[C@H](O)c3ccc(c(Cl)c3)O4)O[C@H](CO)[C@@H](O)[C@@H]2O)O[C@@H](C)[C@H]1O. The van der Waals surface area contributed by atoms with Crippen LogP contribution in [0.1, 0.15) is 182 Å². The third kappa shape index (κ3) is 26.9. The van der Waals surface area contributed by atoms with Gasteiger partial charge in [-0.25, -0.2) is 4.79 Å². The summed E-state index contributed by atoms with van der Waals surface area (Å²) in [5, 5.41) is 206. The molecule has 44 nitrogen and oxygen atoms in total. The van der Waals surface area contributed by atoms with E-state index in [0.29, 0.717) is 19.2 Å². The van der Waals surface area contributed by atoms with Crippen LogP contribution in [-0.2, 0) is 68.7 Å². The van der Waals surface area contributed by atoms with Crippen molar-refractivity contribution in [1.82, 2.24) is 58.1 Å². The van der Waals surface area contributed by atoms with Crippen molar-refractivity contribution in [2.75, 3.05) is 53.5 Å². The molecule has 0 aliphatic carbocycles. The first-order valence-corrected chi connectivity index (χ1v) is 45.9. The number of hydrogen-bond donors (Lipinski definition) is 27. The molecule has 754 valence electrons. The maximum atomic E-state index is 16.5. The number of nitrogens with zero attached hydrogens (tertiary/aromatic N) is 1. The Bertz CT molecular complexity index is 5110. The van der Waals surface area contributed by atoms with Crippen molar-refractivity contribution in [1.29, 1.82) is 0 Å². The van der Waals surface area contributed by atoms with Crippen LogP contribution in [0.4, 0.5) is 0 Å². The lowest BCUT2D eigenvalue weighted by atomic mass is 9.85. The standard InChI is InChI=1S/C91H124Cl2N12O32/c1-8-9-10-11-12-13-14-15-24-96-25-26-98-91(5)35-65(132-41(4)81(91)121)136-80-78(120)77(119)62(39-107)135-90(80)137-79-60-31-45-32-61(79)134-59-22-18-44(30-50(59)93)73(115)71-87(127)102-69(89(130)131)47-33-55(109)48(36-97-51(88(128)129)19-23-64(113)105(7)37-56(110)75(117)76(118)57(111)38-106)74(116)66(47)46-28-42(16-20-54(46)108)67(84(124)104-71)101-85(125)68(45)100-83(123)53(34-63(94)112)99-86(126)70(103-82(122)52(95-6)27-40(2)3)72(114)43-17-21-58(133-60)49(92)29-43/h16-18,20-22,28-33,40-41,51-53,56-57,62,65,67-73,75-78,80-81,90,95-98,106-111,114-121H,8-15,19,23-27,34-39H2,1-7H3,(H2,94,112)(H,99,126)(H,100,123)(H,101,125)(H,102,127)(H,103,122)(H,104,124)(H,128,129)(H,130,131)/t41-,51-,52+,53-,56-,57+,62+,65-,67+,68+,69-,70+,71-,72+,73+,75+,76+,77+,78-,80+,81+,90-,91-/m0/s1. The number of aliphatic hydroxyl groups is 11. The molecular formula is C91H124Cl2N12O32. The number of benzene rings is 5. The molecule has 28 N–H and O–H groups in total. The van der Waals surface area contributed by atoms with Gasteiger partial charge >= 0.3 is 11.9 Å². The van der Waals surface area contributed by atoms with Crippen molar-refractivity contribution in [3.05, 3.63) is 116 Å². The zero-order chi connectivity index (χ0) is 100. The Hall–Kier alpha value is -10.5. The van der Waals surface area contributed by atoms with E-state index in [1.807, 2.05) is 0 Å². The summed E-state index contributed by atoms with van der Waals surface area (Å²) in [7, 11) is 2.59. The van der Waals surface area contributed by atoms with E-state index in [-0.39, 0.29) is 29.9 Å². The summed E-state index contributed by atoms with van der Waals surface area (Å²) in [5.41, 5.74) is 0.0227. The van der Waals surface area contributed by atoms with Crippen LogP contribution in [0, 0.1) is 5.92 Å². The average Bonchev–Trinajstić information content (AvgIpc) is 0.620. The zero-order valence-corrected chi connectivity index (χ0v) is 77.8. The molecule has 11 bridgehead atoms. The summed E-state index contributed by atoms with van der Waals surface area (Å²) in [6.45, 7) is 6.99. The number of halogens is 2. The van der Waals surface area contributed by atoms with Crippen LogP contribution in [0.3, 0.4) is 0 Å². The van der Waals surface area contributed by atoms with Crippen molar-refractivity contribution in [3.63, 3.8) is 0 Å². The van der Waals surface area contributed by atoms with Crippen LogP contribution in [0.5, 0.6) is 46.0 Å². The van der Waals surface area contributed by atoms with E-state index in [1.54, 1.807) is 27.7 Å². The van der Waals surface area contributed by atoms with Gasteiger partial charge in [-0.3, -0.25) is 48.5 Å². The molecule has 7 heterocycles. The number of nitrogens with one attached hydrogen (secondary N) is 10. The fourth-order valence-corrected chi connectivity index (χ4v) is 17.3. The number of phenols is 3. The van der Waals surface area contributed by atoms with Crippen LogP contribution in [0.15, 0.2) is 72.8 Å². The lowest BCUT2D eigenvalue weighted by molar-refractivity contribution is -0.334. The van der Waals surface area contributed by atoms with Crippen LogP contribution >= 0.6 is 23.2 Å². The molecule has 7 aliphatic heterocycles. The van der Waals surface area contributed by atoms with Crippen molar-refractivity contribution >= 4 is 82.4 Å². The first kappa shape index (κ1) is 108. The topological polar surface area (TPSA) is 699 Å². The van der Waals surface area contributed by atoms with E-state index in [4.69, 9.17) is 57.4 Å². The molecule has 0 saturated carbocycles. The highest BCUT2D eigenvalue weighted by atomic mass is 35.5. The molecule has 0 unspecified atom stereocenters. The minimum atomic E-state index is -2.51. The van der Waals surface area contributed by atoms with E-state index in [9.17, 15) is 106 Å². The summed E-state index contributed by atoms with van der Waals surface area (Å²) >= 11 is 14.4. The molecule has 0 radical (unpaired) electrons. The van der Waals surface area contributed by atoms with Crippen molar-refractivity contribution < 1.29 is 158 Å². The van der Waals surface area contributed by atoms with Crippen molar-refractivity contribution in [2.24, 2.45) is 11.7 Å². The first-order chi connectivity index (χ1) is 64.9. The second kappa shape index (κ2) is 48.8. The van der Waals surface area contributed by atoms with Gasteiger partial charge in [-0.15, -0.1) is 0 Å². The van der Waals surface area contributed by atoms with E-state index in [1.165, 1.54) is 38.4 Å². The molecule has 0 spiro atoms. The van der Waals surface area contributed by atoms with E-state index in [2.05, 4.69) is 60.1 Å². The number of amides is 8. The molecular weight excluding hydrogens is 1840 g/mol. The molecule has 5 aromatic rings. The highest BCUT2D eigenvalue weighted by Gasteiger charge is 2.53. The molecule has 7 aliphatic rings. The van der Waals surface area contributed by atoms with Gasteiger partial charge in [0.25, 0.3) is 0 Å². The summed E-state index contributed by atoms with van der Waals surface area (Å²) in [6, 6.07) is -4.96. The van der Waals surface area contributed by atoms with Gasteiger partial charge in [-0.1, -0.05) is 107 Å². The number of primary amides is 1. The molecule has 137 heavy (non-hydrogen) atoms. The smallest absolute Gasteiger partial charge is 0.330 e. The Morgan fingerprint density at radius 3 is 1.88 bits per heavy atom. The van der Waals surface area contributed by atoms with Crippen molar-refractivity contribution in [3.8, 4) is 57.1 Å². The van der Waals surface area contributed by atoms with Crippen LogP contribution < -0.4 is 73.1 Å². The lowest BCUT2D eigenvalue weighted by Gasteiger charge is -2.48. The molecule has 46 heteroatoms. The number of carbonyl (C=O) groups excluding carboxylic acids is 8. The maximum absolute atomic E-state index is 16.5. The number of ether oxygens (including phenoxy) is 6. The van der Waals surface area contributed by atoms with Crippen LogP contribution in [-0.4, -0.2) is 309 Å². The zero-order valence-electron chi connectivity index (χ0n) is 76.3. The highest BCUT2D eigenvalue weighted by molar-refractivity contribution is 6.32. The van der Waals surface area contributed by atoms with Gasteiger partial charge in [-0.2, -0.15) is 0 Å². The number of aliphatic carboxylic acids is 2. The van der Waals surface area contributed by atoms with Gasteiger partial charge in [-0.05, 0) is 129 Å². The number of carbonyl (C=O) groups is 10. The number of unbranched alkanes of at least 4 members (excludes halogenated alkanes) is 7. The molecule has 2 saturated heterocycles. The van der Waals surface area contributed by atoms with Crippen LogP contribution in [0.2, 0.25) is 10.0 Å². The fraction of sp³-hybridized carbons (Fsp3) is 0.560. The number of carboxylic acid groups (broad SMARTS) is 2. The number of nitrogens with two attached hydrogens (primary N) is 1. The van der Waals surface area contributed by atoms with Gasteiger partial charge in [0.05, 0.1) is 53.5 Å². The molecule has 12 rings (SSSR count). The average molecular weight is 1970 g/mol. The Morgan fingerprint density at radius 1 is 0.672 bits per heavy atom. The summed E-state index contributed by atoms with van der Waals surface area (Å²) in [5.74, 6) is -20.4. The number of aliphatic hydroxyl groups excluding tert-OH is 11. The molecule has 2 fully saturated rings. The minimum Gasteiger partial charge on any atom is -0.507 e. The maximum Gasteiger partial charge on any atom is 0.330 e. The largest absolute Gasteiger partial charge is 0.507 e. The number of rotatable bonds is 39. The fourth-order valence-electron chi connectivity index (χ4n) is 16.9. The monoisotopic (exact) mass is 1970 g/mol. The molecule has 0 aromatic heterocycles. The van der Waals surface area contributed by atoms with Gasteiger partial charge in [0, 0.05) is 68.3 Å². The molecule has 23 atom stereocenters. The highest BCUT2D eigenvalue weighted by Crippen LogP contribution is 2.51. The Balaban J connectivity index is 1.14. The predicted octanol–water partition coefficient (Wildman–Crippen LogP) is -0.315. The lowest BCUT2D eigenvalue weighted by Crippen LogP contribution is -2.65. The van der Waals surface area contributed by atoms with E-state index in [0.717, 1.165) is 105 Å². The van der Waals surface area contributed by atoms with Crippen LogP contribution in [0.25, 0.3) is 11.1 Å². The van der Waals surface area contributed by atoms with Gasteiger partial charge in [0.1, 0.15) is 120 Å². The Morgan fingerprint density at radius 2 is 1.28 bits per heavy atom. The molecule has 8 amide bonds. The second-order valence-electron chi connectivity index (χ2n) is 35.4. The number of fused-ring (bicyclic) bond motifs is 15. The van der Waals surface area contributed by atoms with Gasteiger partial charge in [0.15, 0.2) is 29.9 Å². The number of phenolic OH excluding ortho intramolecular Hbond substituents is 3. The number of aromatic hydroxyl groups is 3. The molecule has 5 aromatic carbocycles. The van der Waals surface area contributed by atoms with E-state index < -0.39 is 334 Å². The van der Waals surface area contributed by atoms with Crippen molar-refractivity contribution in [2.45, 2.75) is 264 Å². The normalized spacial score (nSPS) is 26.0. The predicted molar refractivity (Wildman–Crippen MR) is 485 cm³/mol. The van der Waals surface area contributed by atoms with E-state index >= 15 is 24.0 Å². The number of hydrogen-bond acceptors (Lipinski definition) is 34. The quantitative estimate of drug-likeness (QED) is 0.0224. The summed E-state index contributed by atoms with van der Waals surface area (Å²) < 4.78 is 39.5.